The van der Waals surface area contributed by atoms with E-state index < -0.39 is 124 Å². The van der Waals surface area contributed by atoms with E-state index in [1.807, 2.05) is 0 Å². The van der Waals surface area contributed by atoms with Crippen molar-refractivity contribution in [3.63, 3.8) is 0 Å². The van der Waals surface area contributed by atoms with E-state index >= 15 is 0 Å². The summed E-state index contributed by atoms with van der Waals surface area (Å²) in [6.07, 6.45) is -25.6. The van der Waals surface area contributed by atoms with Crippen LogP contribution in [0, 0.1) is 0 Å². The van der Waals surface area contributed by atoms with Crippen molar-refractivity contribution in [3.8, 4) is 0 Å². The Labute approximate surface area is 214 Å². The van der Waals surface area contributed by atoms with Crippen LogP contribution in [0.3, 0.4) is 0 Å². The number of hydrogen-bond donors (Lipinski definition) is 12. The van der Waals surface area contributed by atoms with E-state index in [1.54, 1.807) is 0 Å². The van der Waals surface area contributed by atoms with Gasteiger partial charge in [-0.05, 0) is 0 Å². The van der Waals surface area contributed by atoms with Crippen molar-refractivity contribution in [2.24, 2.45) is 0 Å². The van der Waals surface area contributed by atoms with Crippen LogP contribution >= 0.6 is 0 Å². The lowest BCUT2D eigenvalue weighted by Crippen LogP contribution is -2.64. The number of carbonyl (C=O) groups is 1. The van der Waals surface area contributed by atoms with Gasteiger partial charge in [-0.1, -0.05) is 0 Å². The van der Waals surface area contributed by atoms with E-state index in [2.05, 4.69) is 0 Å². The average Bonchev–Trinajstić information content (AvgIpc) is 3.14. The molecule has 222 valence electrons. The summed E-state index contributed by atoms with van der Waals surface area (Å²) in [5, 5.41) is 119. The van der Waals surface area contributed by atoms with Gasteiger partial charge in [-0.3, -0.25) is 0 Å². The second-order valence-corrected chi connectivity index (χ2v) is 9.29. The second kappa shape index (κ2) is 12.6. The van der Waals surface area contributed by atoms with E-state index in [0.717, 1.165) is 0 Å². The highest BCUT2D eigenvalue weighted by molar-refractivity contribution is 5.70. The van der Waals surface area contributed by atoms with Crippen molar-refractivity contribution in [2.45, 2.75) is 91.4 Å². The minimum absolute atomic E-state index is 0.825. The summed E-state index contributed by atoms with van der Waals surface area (Å²) in [4.78, 5) is 12.3. The van der Waals surface area contributed by atoms with E-state index in [-0.39, 0.29) is 0 Å². The van der Waals surface area contributed by atoms with Gasteiger partial charge in [-0.15, -0.1) is 0 Å². The Morgan fingerprint density at radius 2 is 1.21 bits per heavy atom. The molecular weight excluding hydrogens is 528 g/mol. The first-order valence-corrected chi connectivity index (χ1v) is 11.6. The lowest BCUT2D eigenvalue weighted by molar-refractivity contribution is -0.383. The van der Waals surface area contributed by atoms with Crippen molar-refractivity contribution in [1.29, 1.82) is 0 Å². The van der Waals surface area contributed by atoms with Gasteiger partial charge in [0.25, 0.3) is 0 Å². The van der Waals surface area contributed by atoms with Gasteiger partial charge in [-0.2, -0.15) is 0 Å². The van der Waals surface area contributed by atoms with Crippen molar-refractivity contribution >= 4 is 5.97 Å². The highest BCUT2D eigenvalue weighted by Gasteiger charge is 2.59. The normalized spacial score (nSPS) is 49.7. The molecule has 2 saturated heterocycles. The number of hydrogen-bond acceptors (Lipinski definition) is 18. The summed E-state index contributed by atoms with van der Waals surface area (Å²) in [7, 11) is 0. The quantitative estimate of drug-likeness (QED) is 0.116. The minimum atomic E-state index is -2.53. The first-order valence-electron chi connectivity index (χ1n) is 11.6. The molecule has 18 heteroatoms. The van der Waals surface area contributed by atoms with Crippen LogP contribution in [-0.2, 0) is 28.5 Å². The fourth-order valence-corrected chi connectivity index (χ4v) is 4.40. The number of esters is 1. The third kappa shape index (κ3) is 5.95. The lowest BCUT2D eigenvalue weighted by Gasteiger charge is -2.43. The molecule has 0 aromatic heterocycles. The second-order valence-electron chi connectivity index (χ2n) is 9.29. The number of carbonyl (C=O) groups excluding carboxylic acids is 1. The molecule has 4 unspecified atom stereocenters. The zero-order valence-corrected chi connectivity index (χ0v) is 19.7. The molecule has 38 heavy (non-hydrogen) atoms. The Balaban J connectivity index is 1.70. The summed E-state index contributed by atoms with van der Waals surface area (Å²) in [6.45, 7) is -3.75. The molecule has 12 N–H and O–H groups in total. The highest BCUT2D eigenvalue weighted by Crippen LogP contribution is 2.36. The van der Waals surface area contributed by atoms with Gasteiger partial charge in [0.15, 0.2) is 6.29 Å². The van der Waals surface area contributed by atoms with E-state index in [0.29, 0.717) is 0 Å². The molecule has 1 saturated carbocycles. The molecule has 0 aromatic carbocycles. The number of aliphatic hydroxyl groups excluding tert-OH is 12. The monoisotopic (exact) mass is 562 g/mol. The van der Waals surface area contributed by atoms with Crippen LogP contribution < -0.4 is 0 Å². The maximum atomic E-state index is 12.3. The molecule has 18 nitrogen and oxygen atoms in total. The maximum absolute atomic E-state index is 12.3. The number of ether oxygens (including phenoxy) is 5. The van der Waals surface area contributed by atoms with Crippen LogP contribution in [-0.4, -0.2) is 185 Å². The fraction of sp³-hybridized carbons (Fsp3) is 0.950. The van der Waals surface area contributed by atoms with E-state index in [1.165, 1.54) is 0 Å². The number of rotatable bonds is 9. The zero-order valence-electron chi connectivity index (χ0n) is 19.7. The molecule has 2 aliphatic heterocycles. The summed E-state index contributed by atoms with van der Waals surface area (Å²) in [6, 6.07) is 0. The van der Waals surface area contributed by atoms with Crippen molar-refractivity contribution in [2.75, 3.05) is 26.4 Å². The molecule has 3 rings (SSSR count). The maximum Gasteiger partial charge on any atom is 0.332 e. The molecule has 3 aliphatic rings. The molecule has 0 radical (unpaired) electrons. The van der Waals surface area contributed by atoms with Crippen LogP contribution in [0.25, 0.3) is 0 Å². The van der Waals surface area contributed by atoms with Gasteiger partial charge in [0.1, 0.15) is 92.6 Å². The Hall–Kier alpha value is -1.17. The molecule has 0 bridgehead atoms. The van der Waals surface area contributed by atoms with E-state index in [4.69, 9.17) is 23.7 Å². The molecule has 2 heterocycles. The summed E-state index contributed by atoms with van der Waals surface area (Å²) < 4.78 is 26.0. The molecule has 3 fully saturated rings. The van der Waals surface area contributed by atoms with Crippen LogP contribution in [0.1, 0.15) is 0 Å². The third-order valence-corrected chi connectivity index (χ3v) is 6.75. The van der Waals surface area contributed by atoms with Gasteiger partial charge in [-0.25, -0.2) is 4.79 Å². The largest absolute Gasteiger partial charge is 0.458 e. The van der Waals surface area contributed by atoms with Crippen LogP contribution in [0.4, 0.5) is 0 Å². The first kappa shape index (κ1) is 31.4. The smallest absolute Gasteiger partial charge is 0.332 e. The Morgan fingerprint density at radius 1 is 0.684 bits per heavy atom. The van der Waals surface area contributed by atoms with Crippen molar-refractivity contribution in [3.05, 3.63) is 0 Å². The molecule has 0 aromatic rings. The molecule has 13 atom stereocenters. The molecule has 0 amide bonds. The Bertz CT molecular complexity index is 769. The summed E-state index contributed by atoms with van der Waals surface area (Å²) in [5.74, 6) is -3.79. The predicted molar refractivity (Wildman–Crippen MR) is 112 cm³/mol. The number of aliphatic hydroxyl groups is 12. The van der Waals surface area contributed by atoms with Crippen LogP contribution in [0.15, 0.2) is 0 Å². The SMILES string of the molecule is O=C(COC1C(O)C(O)C(O)C(O)C1O)OC[C@@]1(O[C@H]2O[C@H](CO)[C@@H](O)[C@H](O)[C@H]2O)O[C@H](CO)[C@@H](O)[C@@H]1O. The first-order chi connectivity index (χ1) is 17.8. The predicted octanol–water partition coefficient (Wildman–Crippen LogP) is -8.64. The Kier molecular flexibility index (Phi) is 10.4. The highest BCUT2D eigenvalue weighted by atomic mass is 16.8. The van der Waals surface area contributed by atoms with Crippen molar-refractivity contribution in [1.82, 2.24) is 0 Å². The average molecular weight is 562 g/mol. The lowest BCUT2D eigenvalue weighted by atomic mass is 9.85. The zero-order chi connectivity index (χ0) is 28.5. The fourth-order valence-electron chi connectivity index (χ4n) is 4.40. The third-order valence-electron chi connectivity index (χ3n) is 6.75. The van der Waals surface area contributed by atoms with Crippen LogP contribution in [0.5, 0.6) is 0 Å². The van der Waals surface area contributed by atoms with E-state index in [9.17, 15) is 66.1 Å². The Morgan fingerprint density at radius 3 is 1.74 bits per heavy atom. The van der Waals surface area contributed by atoms with Gasteiger partial charge in [0.05, 0.1) is 13.2 Å². The van der Waals surface area contributed by atoms with Gasteiger partial charge in [0, 0.05) is 0 Å². The van der Waals surface area contributed by atoms with Gasteiger partial charge < -0.3 is 85.0 Å². The molecule has 1 aliphatic carbocycles. The molecule has 0 spiro atoms. The summed E-state index contributed by atoms with van der Waals surface area (Å²) >= 11 is 0. The minimum Gasteiger partial charge on any atom is -0.458 e. The molecular formula is C20H34O18. The standard InChI is InChI=1S/C20H34O18/c21-1-5-8(24)10(26)16(32)19(36-5)38-20(18(33)9(25)6(2-22)37-20)4-35-7(23)3-34-17-14(30)12(28)11(27)13(29)15(17)31/h5-6,8-19,21-22,24-33H,1-4H2/t5-,6-,8-,9-,10+,11?,12?,13?,14?,15?,16-,17?,18+,19-,20+/m1/s1. The van der Waals surface area contributed by atoms with Gasteiger partial charge >= 0.3 is 5.97 Å². The van der Waals surface area contributed by atoms with Crippen LogP contribution in [0.2, 0.25) is 0 Å². The van der Waals surface area contributed by atoms with Gasteiger partial charge in [0.2, 0.25) is 5.79 Å². The van der Waals surface area contributed by atoms with Crippen molar-refractivity contribution < 1.29 is 89.8 Å². The topological polar surface area (TPSA) is 306 Å². The summed E-state index contributed by atoms with van der Waals surface area (Å²) in [5.41, 5.74) is 0.